The minimum Gasteiger partial charge on any atom is -0.507 e. The molecule has 0 saturated carbocycles. The predicted octanol–water partition coefficient (Wildman–Crippen LogP) is 7.58. The van der Waals surface area contributed by atoms with Crippen molar-refractivity contribution in [3.63, 3.8) is 0 Å². The van der Waals surface area contributed by atoms with E-state index in [9.17, 15) is 19.5 Å². The van der Waals surface area contributed by atoms with E-state index in [1.165, 1.54) is 12.0 Å². The zero-order chi connectivity index (χ0) is 35.2. The summed E-state index contributed by atoms with van der Waals surface area (Å²) in [6, 6.07) is 18.6. The minimum absolute atomic E-state index is 0.114. The molecule has 5 rings (SSSR count). The third kappa shape index (κ3) is 7.62. The van der Waals surface area contributed by atoms with Crippen molar-refractivity contribution in [2.24, 2.45) is 5.92 Å². The summed E-state index contributed by atoms with van der Waals surface area (Å²) in [5.74, 6) is -0.837. The summed E-state index contributed by atoms with van der Waals surface area (Å²) < 4.78 is 22.8. The molecule has 49 heavy (non-hydrogen) atoms. The third-order valence-electron chi connectivity index (χ3n) is 8.14. The summed E-state index contributed by atoms with van der Waals surface area (Å²) in [4.78, 5) is 46.2. The zero-order valence-electron chi connectivity index (χ0n) is 28.4. The molecule has 0 bridgehead atoms. The van der Waals surface area contributed by atoms with Crippen molar-refractivity contribution in [1.82, 2.24) is 4.98 Å². The standard InChI is InChI=1S/C38H40N2O8S/c1-7-46-37(44)35-24(5)39-38(49-35)40-32(26-14-17-29(30(20-26)45-6)47-19-18-22(2)3)31(34(42)36(40)43)33(41)25-12-15-28(16-13-25)48-21-27-11-9-8-10-23(27)4/h8-17,20,22,32,41H,7,18-19,21H2,1-6H3/b33-31+. The van der Waals surface area contributed by atoms with Gasteiger partial charge in [0, 0.05) is 5.56 Å². The summed E-state index contributed by atoms with van der Waals surface area (Å²) in [5, 5.41) is 11.8. The van der Waals surface area contributed by atoms with Crippen LogP contribution in [0.4, 0.5) is 5.13 Å². The van der Waals surface area contributed by atoms with Gasteiger partial charge in [-0.05, 0) is 86.2 Å². The summed E-state index contributed by atoms with van der Waals surface area (Å²) in [7, 11) is 1.50. The number of ketones is 1. The largest absolute Gasteiger partial charge is 0.507 e. The van der Waals surface area contributed by atoms with E-state index in [0.29, 0.717) is 53.2 Å². The van der Waals surface area contributed by atoms with Gasteiger partial charge in [0.25, 0.3) is 5.78 Å². The number of aliphatic hydroxyl groups excluding tert-OH is 1. The van der Waals surface area contributed by atoms with E-state index in [2.05, 4.69) is 18.8 Å². The maximum atomic E-state index is 13.8. The number of anilines is 1. The average molecular weight is 685 g/mol. The molecule has 1 fully saturated rings. The van der Waals surface area contributed by atoms with Gasteiger partial charge in [-0.15, -0.1) is 0 Å². The Morgan fingerprint density at radius 2 is 1.73 bits per heavy atom. The predicted molar refractivity (Wildman–Crippen MR) is 187 cm³/mol. The molecule has 0 aliphatic carbocycles. The molecule has 1 N–H and O–H groups in total. The first-order valence-corrected chi connectivity index (χ1v) is 16.9. The van der Waals surface area contributed by atoms with E-state index in [1.807, 2.05) is 31.2 Å². The molecule has 1 amide bonds. The molecule has 0 radical (unpaired) electrons. The second-order valence-electron chi connectivity index (χ2n) is 12.0. The first-order chi connectivity index (χ1) is 23.5. The highest BCUT2D eigenvalue weighted by Gasteiger charge is 2.48. The number of Topliss-reactive ketones (excluding diaryl/α,β-unsaturated/α-hetero) is 1. The van der Waals surface area contributed by atoms with E-state index < -0.39 is 23.7 Å². The number of esters is 1. The van der Waals surface area contributed by atoms with Crippen LogP contribution in [0.3, 0.4) is 0 Å². The smallest absolute Gasteiger partial charge is 0.350 e. The first-order valence-electron chi connectivity index (χ1n) is 16.1. The van der Waals surface area contributed by atoms with Crippen LogP contribution in [0, 0.1) is 19.8 Å². The highest BCUT2D eigenvalue weighted by molar-refractivity contribution is 7.17. The van der Waals surface area contributed by atoms with Crippen molar-refractivity contribution < 1.29 is 38.4 Å². The lowest BCUT2D eigenvalue weighted by Crippen LogP contribution is -2.29. The number of benzene rings is 3. The molecule has 1 unspecified atom stereocenters. The van der Waals surface area contributed by atoms with Crippen LogP contribution in [-0.4, -0.2) is 48.1 Å². The molecule has 0 spiro atoms. The number of carbonyl (C=O) groups excluding carboxylic acids is 3. The molecule has 256 valence electrons. The van der Waals surface area contributed by atoms with Gasteiger partial charge in [0.1, 0.15) is 23.0 Å². The number of aliphatic hydroxyl groups is 1. The van der Waals surface area contributed by atoms with Gasteiger partial charge in [-0.25, -0.2) is 9.78 Å². The number of aromatic nitrogens is 1. The normalized spacial score (nSPS) is 15.5. The first kappa shape index (κ1) is 35.2. The van der Waals surface area contributed by atoms with Gasteiger partial charge in [0.2, 0.25) is 0 Å². The van der Waals surface area contributed by atoms with Crippen LogP contribution < -0.4 is 19.1 Å². The molecule has 2 heterocycles. The molecule has 10 nitrogen and oxygen atoms in total. The molecule has 3 aromatic carbocycles. The van der Waals surface area contributed by atoms with Gasteiger partial charge < -0.3 is 24.1 Å². The fraction of sp³-hybridized carbons (Fsp3) is 0.316. The molecule has 1 atom stereocenters. The number of nitrogens with zero attached hydrogens (tertiary/aromatic N) is 2. The van der Waals surface area contributed by atoms with Crippen LogP contribution in [0.5, 0.6) is 17.2 Å². The summed E-state index contributed by atoms with van der Waals surface area (Å²) in [5.41, 5.74) is 3.15. The van der Waals surface area contributed by atoms with E-state index >= 15 is 0 Å². The van der Waals surface area contributed by atoms with Crippen LogP contribution in [0.2, 0.25) is 0 Å². The molecule has 1 saturated heterocycles. The van der Waals surface area contributed by atoms with Gasteiger partial charge in [0.05, 0.1) is 37.6 Å². The van der Waals surface area contributed by atoms with Crippen molar-refractivity contribution in [1.29, 1.82) is 0 Å². The van der Waals surface area contributed by atoms with Gasteiger partial charge in [0.15, 0.2) is 16.6 Å². The second kappa shape index (κ2) is 15.4. The van der Waals surface area contributed by atoms with Gasteiger partial charge in [-0.2, -0.15) is 0 Å². The third-order valence-corrected chi connectivity index (χ3v) is 9.27. The molecule has 1 aliphatic rings. The Labute approximate surface area is 289 Å². The van der Waals surface area contributed by atoms with Crippen molar-refractivity contribution in [3.05, 3.63) is 105 Å². The topological polar surface area (TPSA) is 124 Å². The number of amides is 1. The number of carbonyl (C=O) groups is 3. The molecule has 1 aromatic heterocycles. The average Bonchev–Trinajstić information content (AvgIpc) is 3.60. The van der Waals surface area contributed by atoms with Crippen LogP contribution in [-0.2, 0) is 20.9 Å². The van der Waals surface area contributed by atoms with Gasteiger partial charge >= 0.3 is 11.9 Å². The quantitative estimate of drug-likeness (QED) is 0.0657. The van der Waals surface area contributed by atoms with Crippen molar-refractivity contribution >= 4 is 39.9 Å². The van der Waals surface area contributed by atoms with E-state index in [0.717, 1.165) is 28.9 Å². The second-order valence-corrected chi connectivity index (χ2v) is 13.0. The molecular formula is C38H40N2O8S. The summed E-state index contributed by atoms with van der Waals surface area (Å²) in [6.45, 7) is 10.6. The number of hydrogen-bond acceptors (Lipinski definition) is 10. The van der Waals surface area contributed by atoms with Crippen molar-refractivity contribution in [2.45, 2.75) is 53.7 Å². The Bertz CT molecular complexity index is 1880. The number of aryl methyl sites for hydroxylation is 2. The number of thiazole rings is 1. The lowest BCUT2D eigenvalue weighted by Gasteiger charge is -2.24. The van der Waals surface area contributed by atoms with Crippen LogP contribution in [0.25, 0.3) is 5.76 Å². The number of methoxy groups -OCH3 is 1. The van der Waals surface area contributed by atoms with Crippen LogP contribution in [0.15, 0.2) is 72.3 Å². The van der Waals surface area contributed by atoms with E-state index in [1.54, 1.807) is 56.3 Å². The molecule has 1 aliphatic heterocycles. The lowest BCUT2D eigenvalue weighted by atomic mass is 9.95. The fourth-order valence-corrected chi connectivity index (χ4v) is 6.38. The van der Waals surface area contributed by atoms with Crippen molar-refractivity contribution in [2.75, 3.05) is 25.2 Å². The molecular weight excluding hydrogens is 644 g/mol. The van der Waals surface area contributed by atoms with Gasteiger partial charge in [-0.3, -0.25) is 14.5 Å². The fourth-order valence-electron chi connectivity index (χ4n) is 5.39. The Hall–Kier alpha value is -5.16. The molecule has 11 heteroatoms. The van der Waals surface area contributed by atoms with Crippen molar-refractivity contribution in [3.8, 4) is 17.2 Å². The highest BCUT2D eigenvalue weighted by atomic mass is 32.1. The van der Waals surface area contributed by atoms with E-state index in [-0.39, 0.29) is 27.9 Å². The maximum absolute atomic E-state index is 13.8. The van der Waals surface area contributed by atoms with Crippen LogP contribution in [0.1, 0.15) is 70.9 Å². The Morgan fingerprint density at radius 1 is 1.00 bits per heavy atom. The number of hydrogen-bond donors (Lipinski definition) is 1. The van der Waals surface area contributed by atoms with Crippen LogP contribution >= 0.6 is 11.3 Å². The SMILES string of the molecule is CCOC(=O)c1sc(N2C(=O)C(=O)/C(=C(/O)c3ccc(OCc4ccccc4C)cc3)C2c2ccc(OCCC(C)C)c(OC)c2)nc1C. The minimum atomic E-state index is -1.10. The monoisotopic (exact) mass is 684 g/mol. The Kier molecular flexibility index (Phi) is 11.0. The zero-order valence-corrected chi connectivity index (χ0v) is 29.3. The maximum Gasteiger partial charge on any atom is 0.350 e. The van der Waals surface area contributed by atoms with E-state index in [4.69, 9.17) is 18.9 Å². The van der Waals surface area contributed by atoms with Gasteiger partial charge in [-0.1, -0.05) is 55.5 Å². The Balaban J connectivity index is 1.56. The lowest BCUT2D eigenvalue weighted by molar-refractivity contribution is -0.132. The molecule has 4 aromatic rings. The Morgan fingerprint density at radius 3 is 2.41 bits per heavy atom. The number of rotatable bonds is 13. The highest BCUT2D eigenvalue weighted by Crippen LogP contribution is 2.45. The summed E-state index contributed by atoms with van der Waals surface area (Å²) in [6.07, 6.45) is 0.840. The summed E-state index contributed by atoms with van der Waals surface area (Å²) >= 11 is 0.942. The number of ether oxygens (including phenoxy) is 4.